The van der Waals surface area contributed by atoms with Crippen molar-refractivity contribution < 1.29 is 4.39 Å². The molecule has 0 unspecified atom stereocenters. The Morgan fingerprint density at radius 1 is 0.958 bits per heavy atom. The number of fused-ring (bicyclic) bond motifs is 1. The van der Waals surface area contributed by atoms with Crippen LogP contribution in [0.2, 0.25) is 0 Å². The lowest BCUT2D eigenvalue weighted by atomic mass is 10.00. The van der Waals surface area contributed by atoms with Gasteiger partial charge in [-0.3, -0.25) is 5.14 Å². The lowest BCUT2D eigenvalue weighted by Gasteiger charge is -2.09. The van der Waals surface area contributed by atoms with Crippen LogP contribution in [-0.2, 0) is 0 Å². The SMILES string of the molecule is NSc1ccccc1-c1ccc(-c2cnc3[nH]ccc3c2)c(F)c1. The van der Waals surface area contributed by atoms with Crippen LogP contribution in [0, 0.1) is 5.82 Å². The van der Waals surface area contributed by atoms with E-state index in [1.165, 1.54) is 0 Å². The number of nitrogens with zero attached hydrogens (tertiary/aromatic N) is 1. The number of nitrogens with one attached hydrogen (secondary N) is 1. The van der Waals surface area contributed by atoms with E-state index in [0.29, 0.717) is 5.56 Å². The predicted octanol–water partition coefficient (Wildman–Crippen LogP) is 5.00. The molecule has 4 rings (SSSR count). The maximum absolute atomic E-state index is 14.7. The maximum atomic E-state index is 14.7. The fourth-order valence-electron chi connectivity index (χ4n) is 2.81. The molecule has 4 aromatic rings. The molecule has 0 radical (unpaired) electrons. The van der Waals surface area contributed by atoms with Crippen molar-refractivity contribution in [3.63, 3.8) is 0 Å². The van der Waals surface area contributed by atoms with E-state index in [1.807, 2.05) is 48.7 Å². The Hall–Kier alpha value is -2.63. The van der Waals surface area contributed by atoms with Gasteiger partial charge in [-0.25, -0.2) is 9.37 Å². The standard InChI is InChI=1S/C19H14FN3S/c20-17-10-12(16-3-1-2-4-18(16)24-21)5-6-15(17)14-9-13-7-8-22-19(13)23-11-14/h1-11H,21H2,(H,22,23). The van der Waals surface area contributed by atoms with Crippen molar-refractivity contribution in [3.8, 4) is 22.3 Å². The van der Waals surface area contributed by atoms with Crippen LogP contribution >= 0.6 is 11.9 Å². The Balaban J connectivity index is 1.79. The van der Waals surface area contributed by atoms with Crippen molar-refractivity contribution in [3.05, 3.63) is 72.8 Å². The molecular weight excluding hydrogens is 321 g/mol. The minimum absolute atomic E-state index is 0.277. The molecule has 0 aliphatic rings. The fourth-order valence-corrected chi connectivity index (χ4v) is 3.28. The molecule has 2 heterocycles. The highest BCUT2D eigenvalue weighted by molar-refractivity contribution is 7.97. The smallest absolute Gasteiger partial charge is 0.137 e. The molecule has 0 aliphatic carbocycles. The van der Waals surface area contributed by atoms with Crippen molar-refractivity contribution in [2.24, 2.45) is 5.14 Å². The van der Waals surface area contributed by atoms with E-state index in [9.17, 15) is 4.39 Å². The van der Waals surface area contributed by atoms with Crippen LogP contribution < -0.4 is 5.14 Å². The highest BCUT2D eigenvalue weighted by Gasteiger charge is 2.11. The molecule has 3 N–H and O–H groups in total. The summed E-state index contributed by atoms with van der Waals surface area (Å²) in [4.78, 5) is 8.28. The molecule has 118 valence electrons. The number of benzene rings is 2. The van der Waals surface area contributed by atoms with Gasteiger partial charge >= 0.3 is 0 Å². The second-order valence-electron chi connectivity index (χ2n) is 5.45. The first-order valence-electron chi connectivity index (χ1n) is 7.45. The van der Waals surface area contributed by atoms with Crippen LogP contribution in [0.5, 0.6) is 0 Å². The number of aromatic amines is 1. The Morgan fingerprint density at radius 2 is 1.83 bits per heavy atom. The van der Waals surface area contributed by atoms with Crippen molar-refractivity contribution in [1.82, 2.24) is 9.97 Å². The van der Waals surface area contributed by atoms with Crippen LogP contribution in [0.1, 0.15) is 0 Å². The summed E-state index contributed by atoms with van der Waals surface area (Å²) in [7, 11) is 0. The predicted molar refractivity (Wildman–Crippen MR) is 97.0 cm³/mol. The Bertz CT molecular complexity index is 1030. The Morgan fingerprint density at radius 3 is 2.67 bits per heavy atom. The van der Waals surface area contributed by atoms with Crippen LogP contribution in [0.25, 0.3) is 33.3 Å². The van der Waals surface area contributed by atoms with Crippen LogP contribution in [0.3, 0.4) is 0 Å². The first kappa shape index (κ1) is 14.9. The van der Waals surface area contributed by atoms with Gasteiger partial charge in [0.15, 0.2) is 0 Å². The zero-order valence-corrected chi connectivity index (χ0v) is 13.5. The van der Waals surface area contributed by atoms with Crippen LogP contribution in [0.4, 0.5) is 4.39 Å². The topological polar surface area (TPSA) is 54.7 Å². The second-order valence-corrected chi connectivity index (χ2v) is 6.12. The third-order valence-electron chi connectivity index (χ3n) is 4.01. The summed E-state index contributed by atoms with van der Waals surface area (Å²) < 4.78 is 14.7. The van der Waals surface area contributed by atoms with Gasteiger partial charge in [0.2, 0.25) is 0 Å². The summed E-state index contributed by atoms with van der Waals surface area (Å²) in [5.74, 6) is -0.277. The van der Waals surface area contributed by atoms with Crippen LogP contribution in [0.15, 0.2) is 71.9 Å². The van der Waals surface area contributed by atoms with Crippen molar-refractivity contribution >= 4 is 23.0 Å². The fraction of sp³-hybridized carbons (Fsp3) is 0. The number of hydrogen-bond donors (Lipinski definition) is 2. The van der Waals surface area contributed by atoms with Gasteiger partial charge in [0.05, 0.1) is 0 Å². The molecule has 0 aliphatic heterocycles. The number of aromatic nitrogens is 2. The highest BCUT2D eigenvalue weighted by Crippen LogP contribution is 2.32. The van der Waals surface area contributed by atoms with Gasteiger partial charge in [0.1, 0.15) is 11.5 Å². The number of halogens is 1. The summed E-state index contributed by atoms with van der Waals surface area (Å²) in [6.45, 7) is 0. The normalized spacial score (nSPS) is 11.1. The minimum atomic E-state index is -0.277. The van der Waals surface area contributed by atoms with E-state index in [0.717, 1.165) is 44.6 Å². The number of rotatable bonds is 3. The number of nitrogens with two attached hydrogens (primary N) is 1. The van der Waals surface area contributed by atoms with E-state index >= 15 is 0 Å². The summed E-state index contributed by atoms with van der Waals surface area (Å²) in [5, 5.41) is 6.66. The quantitative estimate of drug-likeness (QED) is 0.518. The molecule has 0 bridgehead atoms. The van der Waals surface area contributed by atoms with E-state index in [2.05, 4.69) is 9.97 Å². The average molecular weight is 335 g/mol. The van der Waals surface area contributed by atoms with E-state index in [-0.39, 0.29) is 5.82 Å². The first-order valence-corrected chi connectivity index (χ1v) is 8.33. The molecule has 0 saturated heterocycles. The minimum Gasteiger partial charge on any atom is -0.346 e. The summed E-state index contributed by atoms with van der Waals surface area (Å²) in [5.41, 5.74) is 3.82. The van der Waals surface area contributed by atoms with Crippen LogP contribution in [-0.4, -0.2) is 9.97 Å². The number of H-pyrrole nitrogens is 1. The Kier molecular flexibility index (Phi) is 3.80. The van der Waals surface area contributed by atoms with E-state index in [4.69, 9.17) is 5.14 Å². The van der Waals surface area contributed by atoms with Gasteiger partial charge in [-0.1, -0.05) is 30.3 Å². The molecule has 2 aromatic carbocycles. The van der Waals surface area contributed by atoms with Crippen molar-refractivity contribution in [2.45, 2.75) is 4.90 Å². The van der Waals surface area contributed by atoms with Gasteiger partial charge in [-0.2, -0.15) is 0 Å². The zero-order valence-electron chi connectivity index (χ0n) is 12.7. The summed E-state index contributed by atoms with van der Waals surface area (Å²) in [6, 6.07) is 16.8. The van der Waals surface area contributed by atoms with Gasteiger partial charge in [0, 0.05) is 33.8 Å². The molecular formula is C19H14FN3S. The van der Waals surface area contributed by atoms with Gasteiger partial charge in [0.25, 0.3) is 0 Å². The molecule has 2 aromatic heterocycles. The van der Waals surface area contributed by atoms with E-state index in [1.54, 1.807) is 18.3 Å². The second kappa shape index (κ2) is 6.11. The van der Waals surface area contributed by atoms with Gasteiger partial charge in [-0.15, -0.1) is 0 Å². The molecule has 0 saturated carbocycles. The summed E-state index contributed by atoms with van der Waals surface area (Å²) >= 11 is 1.16. The Labute approximate surface area is 142 Å². The van der Waals surface area contributed by atoms with E-state index < -0.39 is 0 Å². The maximum Gasteiger partial charge on any atom is 0.137 e. The zero-order chi connectivity index (χ0) is 16.5. The molecule has 24 heavy (non-hydrogen) atoms. The highest BCUT2D eigenvalue weighted by atomic mass is 32.2. The molecule has 0 atom stereocenters. The largest absolute Gasteiger partial charge is 0.346 e. The molecule has 5 heteroatoms. The lowest BCUT2D eigenvalue weighted by molar-refractivity contribution is 0.631. The average Bonchev–Trinajstić information content (AvgIpc) is 3.09. The van der Waals surface area contributed by atoms with Crippen molar-refractivity contribution in [2.75, 3.05) is 0 Å². The molecule has 3 nitrogen and oxygen atoms in total. The van der Waals surface area contributed by atoms with Gasteiger partial charge < -0.3 is 4.98 Å². The monoisotopic (exact) mass is 335 g/mol. The molecule has 0 spiro atoms. The molecule has 0 fully saturated rings. The number of pyridine rings is 1. The van der Waals surface area contributed by atoms with Gasteiger partial charge in [-0.05, 0) is 47.3 Å². The lowest BCUT2D eigenvalue weighted by Crippen LogP contribution is -1.90. The first-order chi connectivity index (χ1) is 11.8. The third kappa shape index (κ3) is 2.58. The third-order valence-corrected chi connectivity index (χ3v) is 4.62. The molecule has 0 amide bonds. The van der Waals surface area contributed by atoms with Crippen molar-refractivity contribution in [1.29, 1.82) is 0 Å². The summed E-state index contributed by atoms with van der Waals surface area (Å²) in [6.07, 6.45) is 3.50. The number of hydrogen-bond acceptors (Lipinski definition) is 3.